The van der Waals surface area contributed by atoms with E-state index in [1.807, 2.05) is 0 Å². The number of rotatable bonds is 60. The Bertz CT molecular complexity index is 1400. The Kier molecular flexibility index (Phi) is 61.7. The molecule has 1 unspecified atom stereocenters. The maximum absolute atomic E-state index is 12.9. The highest BCUT2D eigenvalue weighted by molar-refractivity contribution is 5.71. The SMILES string of the molecule is CC/C=C\C/C=C\C/C=C\C/C=C\C/C=C\C/C=C\CCCCCCCCCCCCC(=O)OCC(COC(=O)CCCCCCCCCCCCCC)OC(=O)CCCCCCCCCCCCCCCCCCC. The van der Waals surface area contributed by atoms with Crippen LogP contribution >= 0.6 is 0 Å². The van der Waals surface area contributed by atoms with E-state index >= 15 is 0 Å². The van der Waals surface area contributed by atoms with Crippen molar-refractivity contribution in [2.24, 2.45) is 0 Å². The standard InChI is InChI=1S/C70H124O6/c1-4-7-10-13-16-19-22-25-27-29-30-31-32-33-34-35-36-37-38-39-40-42-43-45-48-51-54-57-60-63-69(72)75-66-67(65-74-68(71)62-59-56-53-50-47-24-21-18-15-12-9-6-3)76-70(73)64-61-58-55-52-49-46-44-41-28-26-23-20-17-14-11-8-5-2/h7,10,16,19,25,27,30-31,33-34,36-37,67H,4-6,8-9,11-15,17-18,20-24,26,28-29,32,35,38-66H2,1-3H3/b10-7-,19-16-,27-25-,31-30-,34-33-,37-36-. The van der Waals surface area contributed by atoms with E-state index in [-0.39, 0.29) is 31.1 Å². The fourth-order valence-electron chi connectivity index (χ4n) is 9.57. The van der Waals surface area contributed by atoms with Crippen molar-refractivity contribution in [1.82, 2.24) is 0 Å². The molecule has 0 radical (unpaired) electrons. The van der Waals surface area contributed by atoms with Crippen LogP contribution in [0.15, 0.2) is 72.9 Å². The minimum absolute atomic E-state index is 0.0708. The van der Waals surface area contributed by atoms with Gasteiger partial charge in [-0.2, -0.15) is 0 Å². The second-order valence-electron chi connectivity index (χ2n) is 22.0. The van der Waals surface area contributed by atoms with Crippen molar-refractivity contribution in [3.8, 4) is 0 Å². The summed E-state index contributed by atoms with van der Waals surface area (Å²) in [5.41, 5.74) is 0. The van der Waals surface area contributed by atoms with Crippen LogP contribution in [0.2, 0.25) is 0 Å². The summed E-state index contributed by atoms with van der Waals surface area (Å²) < 4.78 is 16.9. The lowest BCUT2D eigenvalue weighted by Gasteiger charge is -2.18. The van der Waals surface area contributed by atoms with Crippen LogP contribution in [0.1, 0.15) is 335 Å². The van der Waals surface area contributed by atoms with Crippen LogP contribution in [-0.4, -0.2) is 37.2 Å². The molecule has 0 saturated heterocycles. The van der Waals surface area contributed by atoms with E-state index in [1.165, 1.54) is 199 Å². The van der Waals surface area contributed by atoms with Crippen LogP contribution in [0.3, 0.4) is 0 Å². The Labute approximate surface area is 472 Å². The van der Waals surface area contributed by atoms with E-state index in [9.17, 15) is 14.4 Å². The Balaban J connectivity index is 4.24. The van der Waals surface area contributed by atoms with Gasteiger partial charge in [-0.1, -0.05) is 318 Å². The van der Waals surface area contributed by atoms with Gasteiger partial charge in [0.05, 0.1) is 0 Å². The fourth-order valence-corrected chi connectivity index (χ4v) is 9.57. The quantitative estimate of drug-likeness (QED) is 0.0261. The van der Waals surface area contributed by atoms with Gasteiger partial charge in [0.2, 0.25) is 0 Å². The number of allylic oxidation sites excluding steroid dienone is 12. The molecule has 0 aliphatic carbocycles. The molecule has 0 spiro atoms. The summed E-state index contributed by atoms with van der Waals surface area (Å²) in [7, 11) is 0. The molecule has 0 rings (SSSR count). The number of esters is 3. The molecule has 0 amide bonds. The van der Waals surface area contributed by atoms with Crippen molar-refractivity contribution in [1.29, 1.82) is 0 Å². The zero-order valence-electron chi connectivity index (χ0n) is 50.5. The molecular formula is C70H124O6. The molecule has 0 aromatic carbocycles. The Morgan fingerprint density at radius 3 is 0.803 bits per heavy atom. The zero-order chi connectivity index (χ0) is 55.0. The maximum Gasteiger partial charge on any atom is 0.306 e. The Morgan fingerprint density at radius 2 is 0.513 bits per heavy atom. The van der Waals surface area contributed by atoms with Gasteiger partial charge < -0.3 is 14.2 Å². The number of unbranched alkanes of at least 4 members (excludes halogenated alkanes) is 37. The summed E-state index contributed by atoms with van der Waals surface area (Å²) >= 11 is 0. The summed E-state index contributed by atoms with van der Waals surface area (Å²) in [5, 5.41) is 0. The van der Waals surface area contributed by atoms with Gasteiger partial charge in [-0.3, -0.25) is 14.4 Å². The predicted molar refractivity (Wildman–Crippen MR) is 330 cm³/mol. The van der Waals surface area contributed by atoms with E-state index in [2.05, 4.69) is 93.7 Å². The molecule has 6 nitrogen and oxygen atoms in total. The second-order valence-corrected chi connectivity index (χ2v) is 22.0. The van der Waals surface area contributed by atoms with Crippen molar-refractivity contribution in [2.75, 3.05) is 13.2 Å². The number of hydrogen-bond acceptors (Lipinski definition) is 6. The third-order valence-corrected chi connectivity index (χ3v) is 14.5. The van der Waals surface area contributed by atoms with Gasteiger partial charge in [0.25, 0.3) is 0 Å². The van der Waals surface area contributed by atoms with E-state index in [0.717, 1.165) is 96.3 Å². The highest BCUT2D eigenvalue weighted by Gasteiger charge is 2.19. The van der Waals surface area contributed by atoms with Gasteiger partial charge >= 0.3 is 17.9 Å². The van der Waals surface area contributed by atoms with E-state index in [0.29, 0.717) is 19.3 Å². The minimum atomic E-state index is -0.773. The highest BCUT2D eigenvalue weighted by Crippen LogP contribution is 2.17. The first-order valence-electron chi connectivity index (χ1n) is 32.9. The van der Waals surface area contributed by atoms with Crippen molar-refractivity contribution < 1.29 is 28.6 Å². The molecule has 0 fully saturated rings. The van der Waals surface area contributed by atoms with Crippen LogP contribution in [0.25, 0.3) is 0 Å². The number of carbonyl (C=O) groups excluding carboxylic acids is 3. The molecule has 0 aliphatic rings. The summed E-state index contributed by atoms with van der Waals surface area (Å²) in [6.45, 7) is 6.57. The van der Waals surface area contributed by atoms with Crippen LogP contribution in [0.5, 0.6) is 0 Å². The van der Waals surface area contributed by atoms with Gasteiger partial charge in [0.15, 0.2) is 6.10 Å². The summed E-state index contributed by atoms with van der Waals surface area (Å²) in [5.74, 6) is -0.856. The van der Waals surface area contributed by atoms with Gasteiger partial charge in [-0.25, -0.2) is 0 Å². The van der Waals surface area contributed by atoms with Gasteiger partial charge in [0.1, 0.15) is 13.2 Å². The molecule has 0 N–H and O–H groups in total. The van der Waals surface area contributed by atoms with Crippen LogP contribution < -0.4 is 0 Å². The monoisotopic (exact) mass is 1060 g/mol. The lowest BCUT2D eigenvalue weighted by Crippen LogP contribution is -2.30. The third kappa shape index (κ3) is 61.7. The molecule has 0 bridgehead atoms. The average Bonchev–Trinajstić information content (AvgIpc) is 3.42. The van der Waals surface area contributed by atoms with E-state index in [4.69, 9.17) is 14.2 Å². The maximum atomic E-state index is 12.9. The smallest absolute Gasteiger partial charge is 0.306 e. The molecule has 0 heterocycles. The first-order chi connectivity index (χ1) is 37.5. The van der Waals surface area contributed by atoms with Crippen LogP contribution in [0.4, 0.5) is 0 Å². The molecule has 0 aliphatic heterocycles. The summed E-state index contributed by atoms with van der Waals surface area (Å²) in [6.07, 6.45) is 83.4. The first-order valence-corrected chi connectivity index (χ1v) is 32.9. The molecule has 440 valence electrons. The predicted octanol–water partition coefficient (Wildman–Crippen LogP) is 22.5. The third-order valence-electron chi connectivity index (χ3n) is 14.5. The topological polar surface area (TPSA) is 78.9 Å². The lowest BCUT2D eigenvalue weighted by molar-refractivity contribution is -0.167. The van der Waals surface area contributed by atoms with Crippen molar-refractivity contribution in [3.05, 3.63) is 72.9 Å². The van der Waals surface area contributed by atoms with Crippen LogP contribution in [-0.2, 0) is 28.6 Å². The van der Waals surface area contributed by atoms with Gasteiger partial charge in [-0.05, 0) is 70.6 Å². The summed E-state index contributed by atoms with van der Waals surface area (Å²) in [4.78, 5) is 38.3. The van der Waals surface area contributed by atoms with Crippen molar-refractivity contribution >= 4 is 17.9 Å². The van der Waals surface area contributed by atoms with Gasteiger partial charge in [0, 0.05) is 19.3 Å². The largest absolute Gasteiger partial charge is 0.462 e. The van der Waals surface area contributed by atoms with Crippen molar-refractivity contribution in [2.45, 2.75) is 341 Å². The molecular weight excluding hydrogens is 937 g/mol. The normalized spacial score (nSPS) is 12.5. The minimum Gasteiger partial charge on any atom is -0.462 e. The molecule has 0 aromatic rings. The van der Waals surface area contributed by atoms with Gasteiger partial charge in [-0.15, -0.1) is 0 Å². The molecule has 1 atom stereocenters. The van der Waals surface area contributed by atoms with E-state index < -0.39 is 6.10 Å². The number of carbonyl (C=O) groups is 3. The molecule has 76 heavy (non-hydrogen) atoms. The number of ether oxygens (including phenoxy) is 3. The molecule has 6 heteroatoms. The van der Waals surface area contributed by atoms with Crippen LogP contribution in [0, 0.1) is 0 Å². The highest BCUT2D eigenvalue weighted by atomic mass is 16.6. The average molecular weight is 1060 g/mol. The van der Waals surface area contributed by atoms with Crippen molar-refractivity contribution in [3.63, 3.8) is 0 Å². The fraction of sp³-hybridized carbons (Fsp3) is 0.786. The molecule has 0 aromatic heterocycles. The second kappa shape index (κ2) is 64.4. The Morgan fingerprint density at radius 1 is 0.276 bits per heavy atom. The Hall–Kier alpha value is -3.15. The first kappa shape index (κ1) is 72.8. The lowest BCUT2D eigenvalue weighted by atomic mass is 10.0. The zero-order valence-corrected chi connectivity index (χ0v) is 50.5. The molecule has 0 saturated carbocycles. The van der Waals surface area contributed by atoms with E-state index in [1.54, 1.807) is 0 Å². The number of hydrogen-bond donors (Lipinski definition) is 0. The summed E-state index contributed by atoms with van der Waals surface area (Å²) in [6, 6.07) is 0.